The van der Waals surface area contributed by atoms with Crippen LogP contribution in [-0.2, 0) is 23.1 Å². The SMILES string of the molecule is Cn1nccc1CCC(=O)N1CCCC(CCC(=O)O)C1. The van der Waals surface area contributed by atoms with Crippen molar-refractivity contribution in [1.82, 2.24) is 14.7 Å². The minimum Gasteiger partial charge on any atom is -0.481 e. The van der Waals surface area contributed by atoms with E-state index >= 15 is 0 Å². The quantitative estimate of drug-likeness (QED) is 0.861. The highest BCUT2D eigenvalue weighted by atomic mass is 16.4. The number of aryl methyl sites for hydroxylation is 2. The molecule has 0 aliphatic carbocycles. The normalized spacial score (nSPS) is 18.7. The highest BCUT2D eigenvalue weighted by molar-refractivity contribution is 5.76. The van der Waals surface area contributed by atoms with Gasteiger partial charge in [0.15, 0.2) is 0 Å². The number of piperidine rings is 1. The van der Waals surface area contributed by atoms with Crippen LogP contribution in [0.1, 0.15) is 37.8 Å². The van der Waals surface area contributed by atoms with Crippen molar-refractivity contribution in [3.05, 3.63) is 18.0 Å². The number of amides is 1. The molecule has 0 spiro atoms. The Morgan fingerprint density at radius 1 is 1.43 bits per heavy atom. The van der Waals surface area contributed by atoms with E-state index in [1.165, 1.54) is 0 Å². The molecule has 1 unspecified atom stereocenters. The van der Waals surface area contributed by atoms with Gasteiger partial charge in [-0.2, -0.15) is 5.10 Å². The molecule has 2 heterocycles. The zero-order chi connectivity index (χ0) is 15.2. The van der Waals surface area contributed by atoms with Crippen LogP contribution in [0.2, 0.25) is 0 Å². The molecule has 1 fully saturated rings. The number of hydrogen-bond acceptors (Lipinski definition) is 3. The second-order valence-electron chi connectivity index (χ2n) is 5.73. The Morgan fingerprint density at radius 3 is 2.90 bits per heavy atom. The average Bonchev–Trinajstić information content (AvgIpc) is 2.88. The molecule has 1 aromatic heterocycles. The lowest BCUT2D eigenvalue weighted by atomic mass is 9.93. The van der Waals surface area contributed by atoms with Crippen LogP contribution in [-0.4, -0.2) is 44.8 Å². The molecule has 2 rings (SSSR count). The fourth-order valence-electron chi connectivity index (χ4n) is 2.89. The first-order valence-corrected chi connectivity index (χ1v) is 7.52. The number of carbonyl (C=O) groups excluding carboxylic acids is 1. The smallest absolute Gasteiger partial charge is 0.303 e. The lowest BCUT2D eigenvalue weighted by molar-refractivity contribution is -0.137. The second-order valence-corrected chi connectivity index (χ2v) is 5.73. The van der Waals surface area contributed by atoms with Gasteiger partial charge < -0.3 is 10.0 Å². The Balaban J connectivity index is 1.79. The van der Waals surface area contributed by atoms with Crippen molar-refractivity contribution in [2.75, 3.05) is 13.1 Å². The first-order chi connectivity index (χ1) is 10.1. The minimum atomic E-state index is -0.755. The maximum Gasteiger partial charge on any atom is 0.303 e. The lowest BCUT2D eigenvalue weighted by Crippen LogP contribution is -2.40. The van der Waals surface area contributed by atoms with Gasteiger partial charge >= 0.3 is 5.97 Å². The molecule has 1 aliphatic rings. The Kier molecular flexibility index (Phi) is 5.36. The van der Waals surface area contributed by atoms with Gasteiger partial charge in [-0.15, -0.1) is 0 Å². The van der Waals surface area contributed by atoms with Gasteiger partial charge in [-0.25, -0.2) is 0 Å². The third-order valence-corrected chi connectivity index (χ3v) is 4.16. The number of carboxylic acids is 1. The summed E-state index contributed by atoms with van der Waals surface area (Å²) in [6, 6.07) is 1.93. The summed E-state index contributed by atoms with van der Waals surface area (Å²) in [7, 11) is 1.88. The summed E-state index contributed by atoms with van der Waals surface area (Å²) in [5.74, 6) is -0.263. The van der Waals surface area contributed by atoms with Gasteiger partial charge in [0.05, 0.1) is 0 Å². The molecule has 1 amide bonds. The zero-order valence-corrected chi connectivity index (χ0v) is 12.5. The summed E-state index contributed by atoms with van der Waals surface area (Å²) in [6.45, 7) is 1.51. The van der Waals surface area contributed by atoms with Crippen molar-refractivity contribution in [2.24, 2.45) is 13.0 Å². The Labute approximate surface area is 124 Å². The van der Waals surface area contributed by atoms with E-state index in [9.17, 15) is 9.59 Å². The van der Waals surface area contributed by atoms with Crippen molar-refractivity contribution in [1.29, 1.82) is 0 Å². The van der Waals surface area contributed by atoms with E-state index in [-0.39, 0.29) is 12.3 Å². The summed E-state index contributed by atoms with van der Waals surface area (Å²) >= 11 is 0. The molecule has 1 atom stereocenters. The van der Waals surface area contributed by atoms with Crippen LogP contribution in [0.3, 0.4) is 0 Å². The van der Waals surface area contributed by atoms with Crippen LogP contribution in [0, 0.1) is 5.92 Å². The topological polar surface area (TPSA) is 75.4 Å². The molecule has 1 aromatic rings. The van der Waals surface area contributed by atoms with Gasteiger partial charge in [0.2, 0.25) is 5.91 Å². The van der Waals surface area contributed by atoms with Gasteiger partial charge in [0.1, 0.15) is 0 Å². The molecule has 0 saturated carbocycles. The zero-order valence-electron chi connectivity index (χ0n) is 12.5. The van der Waals surface area contributed by atoms with E-state index in [4.69, 9.17) is 5.11 Å². The molecular formula is C15H23N3O3. The van der Waals surface area contributed by atoms with Crippen molar-refractivity contribution in [3.63, 3.8) is 0 Å². The maximum absolute atomic E-state index is 12.3. The number of aliphatic carboxylic acids is 1. The number of likely N-dealkylation sites (tertiary alicyclic amines) is 1. The van der Waals surface area contributed by atoms with E-state index in [2.05, 4.69) is 5.10 Å². The van der Waals surface area contributed by atoms with E-state index in [0.717, 1.165) is 25.1 Å². The summed E-state index contributed by atoms with van der Waals surface area (Å²) in [5.41, 5.74) is 1.06. The highest BCUT2D eigenvalue weighted by Crippen LogP contribution is 2.21. The maximum atomic E-state index is 12.3. The number of aromatic nitrogens is 2. The van der Waals surface area contributed by atoms with Crippen LogP contribution < -0.4 is 0 Å². The summed E-state index contributed by atoms with van der Waals surface area (Å²) < 4.78 is 1.79. The number of hydrogen-bond donors (Lipinski definition) is 1. The van der Waals surface area contributed by atoms with Crippen LogP contribution in [0.4, 0.5) is 0 Å². The van der Waals surface area contributed by atoms with Crippen molar-refractivity contribution < 1.29 is 14.7 Å². The van der Waals surface area contributed by atoms with Crippen LogP contribution in [0.15, 0.2) is 12.3 Å². The molecule has 1 N–H and O–H groups in total. The van der Waals surface area contributed by atoms with Crippen LogP contribution >= 0.6 is 0 Å². The fraction of sp³-hybridized carbons (Fsp3) is 0.667. The predicted molar refractivity (Wildman–Crippen MR) is 77.7 cm³/mol. The Bertz CT molecular complexity index is 498. The van der Waals surface area contributed by atoms with E-state index < -0.39 is 5.97 Å². The molecule has 0 aromatic carbocycles. The minimum absolute atomic E-state index is 0.163. The molecule has 1 saturated heterocycles. The molecule has 6 heteroatoms. The van der Waals surface area contributed by atoms with E-state index in [1.807, 2.05) is 18.0 Å². The molecule has 1 aliphatic heterocycles. The monoisotopic (exact) mass is 293 g/mol. The fourth-order valence-corrected chi connectivity index (χ4v) is 2.89. The molecule has 0 radical (unpaired) electrons. The van der Waals surface area contributed by atoms with Crippen LogP contribution in [0.5, 0.6) is 0 Å². The van der Waals surface area contributed by atoms with Gasteiger partial charge in [-0.1, -0.05) is 0 Å². The summed E-state index contributed by atoms with van der Waals surface area (Å²) in [5, 5.41) is 12.8. The van der Waals surface area contributed by atoms with Crippen molar-refractivity contribution >= 4 is 11.9 Å². The number of carboxylic acid groups (broad SMARTS) is 1. The second kappa shape index (κ2) is 7.24. The van der Waals surface area contributed by atoms with Crippen LogP contribution in [0.25, 0.3) is 0 Å². The third kappa shape index (κ3) is 4.58. The van der Waals surface area contributed by atoms with Gasteiger partial charge in [0.25, 0.3) is 0 Å². The van der Waals surface area contributed by atoms with Gasteiger partial charge in [-0.3, -0.25) is 14.3 Å². The molecule has 6 nitrogen and oxygen atoms in total. The average molecular weight is 293 g/mol. The molecule has 116 valence electrons. The first-order valence-electron chi connectivity index (χ1n) is 7.52. The third-order valence-electron chi connectivity index (χ3n) is 4.16. The molecule has 0 bridgehead atoms. The highest BCUT2D eigenvalue weighted by Gasteiger charge is 2.23. The number of nitrogens with zero attached hydrogens (tertiary/aromatic N) is 3. The Hall–Kier alpha value is -1.85. The lowest BCUT2D eigenvalue weighted by Gasteiger charge is -2.32. The molecular weight excluding hydrogens is 270 g/mol. The van der Waals surface area contributed by atoms with Gasteiger partial charge in [-0.05, 0) is 37.7 Å². The van der Waals surface area contributed by atoms with E-state index in [0.29, 0.717) is 31.7 Å². The van der Waals surface area contributed by atoms with Crippen molar-refractivity contribution in [3.8, 4) is 0 Å². The largest absolute Gasteiger partial charge is 0.481 e. The first kappa shape index (κ1) is 15.5. The number of rotatable bonds is 6. The van der Waals surface area contributed by atoms with Gasteiger partial charge in [0, 0.05) is 44.9 Å². The van der Waals surface area contributed by atoms with Crippen molar-refractivity contribution in [2.45, 2.75) is 38.5 Å². The summed E-state index contributed by atoms with van der Waals surface area (Å²) in [4.78, 5) is 24.8. The van der Waals surface area contributed by atoms with E-state index in [1.54, 1.807) is 10.9 Å². The molecule has 21 heavy (non-hydrogen) atoms. The summed E-state index contributed by atoms with van der Waals surface area (Å²) in [6.07, 6.45) is 5.79. The predicted octanol–water partition coefficient (Wildman–Crippen LogP) is 1.46. The standard InChI is InChI=1S/C15H23N3O3/c1-17-13(8-9-16-17)5-6-14(19)18-10-2-3-12(11-18)4-7-15(20)21/h8-9,12H,2-7,10-11H2,1H3,(H,20,21). The Morgan fingerprint density at radius 2 is 2.24 bits per heavy atom. The number of carbonyl (C=O) groups is 2.